The fourth-order valence-electron chi connectivity index (χ4n) is 2.22. The SMILES string of the molecule is Cc1cc(C)nc(NC(C)CC(O)c2ccccc2)n1. The molecule has 0 aliphatic heterocycles. The van der Waals surface area contributed by atoms with E-state index in [1.165, 1.54) is 0 Å². The van der Waals surface area contributed by atoms with Gasteiger partial charge in [-0.2, -0.15) is 0 Å². The summed E-state index contributed by atoms with van der Waals surface area (Å²) < 4.78 is 0. The van der Waals surface area contributed by atoms with Gasteiger partial charge in [0.15, 0.2) is 0 Å². The molecule has 0 bridgehead atoms. The summed E-state index contributed by atoms with van der Waals surface area (Å²) in [6.45, 7) is 5.92. The highest BCUT2D eigenvalue weighted by atomic mass is 16.3. The molecule has 4 nitrogen and oxygen atoms in total. The third-order valence-corrected chi connectivity index (χ3v) is 3.12. The first-order valence-corrected chi connectivity index (χ1v) is 6.86. The minimum Gasteiger partial charge on any atom is -0.388 e. The van der Waals surface area contributed by atoms with Crippen molar-refractivity contribution in [1.82, 2.24) is 9.97 Å². The predicted molar refractivity (Wildman–Crippen MR) is 80.6 cm³/mol. The number of aliphatic hydroxyl groups is 1. The number of nitrogens with one attached hydrogen (secondary N) is 1. The largest absolute Gasteiger partial charge is 0.388 e. The Kier molecular flexibility index (Phi) is 4.69. The molecule has 20 heavy (non-hydrogen) atoms. The first-order chi connectivity index (χ1) is 9.54. The van der Waals surface area contributed by atoms with E-state index in [0.717, 1.165) is 17.0 Å². The molecule has 1 heterocycles. The van der Waals surface area contributed by atoms with Crippen molar-refractivity contribution in [2.45, 2.75) is 39.3 Å². The van der Waals surface area contributed by atoms with Crippen molar-refractivity contribution in [2.75, 3.05) is 5.32 Å². The summed E-state index contributed by atoms with van der Waals surface area (Å²) in [5.41, 5.74) is 2.81. The van der Waals surface area contributed by atoms with E-state index in [2.05, 4.69) is 15.3 Å². The zero-order chi connectivity index (χ0) is 14.5. The maximum Gasteiger partial charge on any atom is 0.223 e. The van der Waals surface area contributed by atoms with Crippen LogP contribution < -0.4 is 5.32 Å². The summed E-state index contributed by atoms with van der Waals surface area (Å²) in [7, 11) is 0. The Morgan fingerprint density at radius 3 is 2.30 bits per heavy atom. The molecule has 106 valence electrons. The van der Waals surface area contributed by atoms with E-state index in [1.807, 2.05) is 57.2 Å². The highest BCUT2D eigenvalue weighted by Crippen LogP contribution is 2.19. The van der Waals surface area contributed by atoms with Gasteiger partial charge < -0.3 is 10.4 Å². The first-order valence-electron chi connectivity index (χ1n) is 6.86. The average Bonchev–Trinajstić information content (AvgIpc) is 2.38. The molecule has 0 amide bonds. The van der Waals surface area contributed by atoms with Crippen molar-refractivity contribution in [2.24, 2.45) is 0 Å². The molecule has 0 spiro atoms. The number of anilines is 1. The van der Waals surface area contributed by atoms with Crippen LogP contribution in [0, 0.1) is 13.8 Å². The summed E-state index contributed by atoms with van der Waals surface area (Å²) in [5, 5.41) is 13.4. The van der Waals surface area contributed by atoms with Gasteiger partial charge >= 0.3 is 0 Å². The lowest BCUT2D eigenvalue weighted by Crippen LogP contribution is -2.20. The second kappa shape index (κ2) is 6.48. The highest BCUT2D eigenvalue weighted by molar-refractivity contribution is 5.29. The Morgan fingerprint density at radius 2 is 1.70 bits per heavy atom. The van der Waals surface area contributed by atoms with Gasteiger partial charge in [0, 0.05) is 17.4 Å². The molecular formula is C16H21N3O. The van der Waals surface area contributed by atoms with Gasteiger partial charge in [0.2, 0.25) is 5.95 Å². The minimum atomic E-state index is -0.482. The average molecular weight is 271 g/mol. The van der Waals surface area contributed by atoms with Gasteiger partial charge in [-0.1, -0.05) is 30.3 Å². The molecule has 1 aromatic carbocycles. The fraction of sp³-hybridized carbons (Fsp3) is 0.375. The Balaban J connectivity index is 1.97. The van der Waals surface area contributed by atoms with Gasteiger partial charge in [0.1, 0.15) is 0 Å². The Bertz CT molecular complexity index is 537. The quantitative estimate of drug-likeness (QED) is 0.877. The number of benzene rings is 1. The molecule has 0 saturated carbocycles. The number of aryl methyl sites for hydroxylation is 2. The van der Waals surface area contributed by atoms with Gasteiger partial charge in [-0.15, -0.1) is 0 Å². The molecule has 2 unspecified atom stereocenters. The van der Waals surface area contributed by atoms with Crippen molar-refractivity contribution in [3.8, 4) is 0 Å². The van der Waals surface area contributed by atoms with E-state index in [-0.39, 0.29) is 6.04 Å². The van der Waals surface area contributed by atoms with Crippen LogP contribution in [0.15, 0.2) is 36.4 Å². The standard InChI is InChI=1S/C16H21N3O/c1-11-9-12(2)18-16(17-11)19-13(3)10-15(20)14-7-5-4-6-8-14/h4-9,13,15,20H,10H2,1-3H3,(H,17,18,19). The lowest BCUT2D eigenvalue weighted by molar-refractivity contribution is 0.162. The van der Waals surface area contributed by atoms with E-state index >= 15 is 0 Å². The summed E-state index contributed by atoms with van der Waals surface area (Å²) in [4.78, 5) is 8.70. The number of hydrogen-bond acceptors (Lipinski definition) is 4. The maximum atomic E-state index is 10.2. The smallest absolute Gasteiger partial charge is 0.223 e. The molecule has 0 saturated heterocycles. The number of hydrogen-bond donors (Lipinski definition) is 2. The molecular weight excluding hydrogens is 250 g/mol. The van der Waals surface area contributed by atoms with E-state index in [0.29, 0.717) is 12.4 Å². The van der Waals surface area contributed by atoms with E-state index in [4.69, 9.17) is 0 Å². The number of aromatic nitrogens is 2. The second-order valence-corrected chi connectivity index (χ2v) is 5.18. The maximum absolute atomic E-state index is 10.2. The highest BCUT2D eigenvalue weighted by Gasteiger charge is 2.13. The zero-order valence-electron chi connectivity index (χ0n) is 12.2. The molecule has 0 aliphatic carbocycles. The molecule has 1 aromatic heterocycles. The normalized spacial score (nSPS) is 13.8. The molecule has 2 atom stereocenters. The van der Waals surface area contributed by atoms with E-state index in [9.17, 15) is 5.11 Å². The van der Waals surface area contributed by atoms with Crippen molar-refractivity contribution in [3.05, 3.63) is 53.3 Å². The van der Waals surface area contributed by atoms with Crippen LogP contribution in [0.5, 0.6) is 0 Å². The van der Waals surface area contributed by atoms with Gasteiger partial charge in [0.25, 0.3) is 0 Å². The molecule has 2 rings (SSSR count). The lowest BCUT2D eigenvalue weighted by atomic mass is 10.0. The van der Waals surface area contributed by atoms with Crippen LogP contribution in [0.4, 0.5) is 5.95 Å². The predicted octanol–water partition coefficient (Wildman–Crippen LogP) is 3.02. The van der Waals surface area contributed by atoms with Crippen LogP contribution in [0.1, 0.15) is 36.4 Å². The van der Waals surface area contributed by atoms with Crippen LogP contribution in [-0.4, -0.2) is 21.1 Å². The summed E-state index contributed by atoms with van der Waals surface area (Å²) >= 11 is 0. The van der Waals surface area contributed by atoms with Gasteiger partial charge in [-0.3, -0.25) is 0 Å². The number of aliphatic hydroxyl groups excluding tert-OH is 1. The summed E-state index contributed by atoms with van der Waals surface area (Å²) in [6.07, 6.45) is 0.130. The Labute approximate surface area is 119 Å². The fourth-order valence-corrected chi connectivity index (χ4v) is 2.22. The van der Waals surface area contributed by atoms with Crippen molar-refractivity contribution in [1.29, 1.82) is 0 Å². The molecule has 0 radical (unpaired) electrons. The monoisotopic (exact) mass is 271 g/mol. The molecule has 0 fully saturated rings. The van der Waals surface area contributed by atoms with E-state index < -0.39 is 6.10 Å². The summed E-state index contributed by atoms with van der Waals surface area (Å²) in [6, 6.07) is 11.7. The molecule has 4 heteroatoms. The Morgan fingerprint density at radius 1 is 1.10 bits per heavy atom. The minimum absolute atomic E-state index is 0.0893. The Hall–Kier alpha value is -1.94. The van der Waals surface area contributed by atoms with Gasteiger partial charge in [-0.05, 0) is 38.8 Å². The van der Waals surface area contributed by atoms with E-state index in [1.54, 1.807) is 0 Å². The zero-order valence-corrected chi connectivity index (χ0v) is 12.2. The molecule has 2 aromatic rings. The second-order valence-electron chi connectivity index (χ2n) is 5.18. The van der Waals surface area contributed by atoms with Gasteiger partial charge in [0.05, 0.1) is 6.10 Å². The van der Waals surface area contributed by atoms with Crippen LogP contribution in [0.3, 0.4) is 0 Å². The van der Waals surface area contributed by atoms with Crippen molar-refractivity contribution >= 4 is 5.95 Å². The van der Waals surface area contributed by atoms with Crippen molar-refractivity contribution in [3.63, 3.8) is 0 Å². The molecule has 2 N–H and O–H groups in total. The third-order valence-electron chi connectivity index (χ3n) is 3.12. The summed E-state index contributed by atoms with van der Waals surface area (Å²) in [5.74, 6) is 0.621. The van der Waals surface area contributed by atoms with Gasteiger partial charge in [-0.25, -0.2) is 9.97 Å². The van der Waals surface area contributed by atoms with Crippen molar-refractivity contribution < 1.29 is 5.11 Å². The third kappa shape index (κ3) is 4.03. The number of rotatable bonds is 5. The lowest BCUT2D eigenvalue weighted by Gasteiger charge is -2.18. The molecule has 0 aliphatic rings. The van der Waals surface area contributed by atoms with Crippen LogP contribution in [0.25, 0.3) is 0 Å². The van der Waals surface area contributed by atoms with Crippen LogP contribution >= 0.6 is 0 Å². The van der Waals surface area contributed by atoms with Crippen LogP contribution in [0.2, 0.25) is 0 Å². The van der Waals surface area contributed by atoms with Crippen LogP contribution in [-0.2, 0) is 0 Å². The topological polar surface area (TPSA) is 58.0 Å². The number of nitrogens with zero attached hydrogens (tertiary/aromatic N) is 2. The first kappa shape index (κ1) is 14.5.